The molecule has 41 heavy (non-hydrogen) atoms. The lowest BCUT2D eigenvalue weighted by Gasteiger charge is -2.34. The summed E-state index contributed by atoms with van der Waals surface area (Å²) in [6.45, 7) is 1.28. The molecule has 2 aromatic carbocycles. The Hall–Kier alpha value is -3.59. The third kappa shape index (κ3) is 4.36. The number of hydrogen-bond acceptors (Lipinski definition) is 9. The smallest absolute Gasteiger partial charge is 0.376 e. The molecule has 2 unspecified atom stereocenters. The third-order valence-corrected chi connectivity index (χ3v) is 9.66. The summed E-state index contributed by atoms with van der Waals surface area (Å²) in [4.78, 5) is 24.3. The zero-order valence-electron chi connectivity index (χ0n) is 21.8. The average Bonchev–Trinajstić information content (AvgIpc) is 3.68. The van der Waals surface area contributed by atoms with Crippen molar-refractivity contribution in [2.75, 3.05) is 23.7 Å². The van der Waals surface area contributed by atoms with Gasteiger partial charge in [0.15, 0.2) is 5.82 Å². The fraction of sp³-hybridized carbons (Fsp3) is 0.379. The number of carbonyl (C=O) groups excluding carboxylic acids is 1. The van der Waals surface area contributed by atoms with Gasteiger partial charge in [-0.05, 0) is 56.2 Å². The molecule has 4 aromatic rings. The fourth-order valence-corrected chi connectivity index (χ4v) is 7.69. The molecule has 2 bridgehead atoms. The number of nitriles is 1. The van der Waals surface area contributed by atoms with E-state index >= 15 is 4.39 Å². The van der Waals surface area contributed by atoms with Crippen LogP contribution in [0.4, 0.5) is 19.6 Å². The molecule has 2 atom stereocenters. The first-order valence-electron chi connectivity index (χ1n) is 13.6. The van der Waals surface area contributed by atoms with Crippen LogP contribution in [0.1, 0.15) is 54.7 Å². The molecule has 0 radical (unpaired) electrons. The first kappa shape index (κ1) is 26.3. The first-order valence-corrected chi connectivity index (χ1v) is 14.8. The second-order valence-electron chi connectivity index (χ2n) is 10.9. The summed E-state index contributed by atoms with van der Waals surface area (Å²) in [5.74, 6) is -1.88. The van der Waals surface area contributed by atoms with Gasteiger partial charge < -0.3 is 20.7 Å². The molecular formula is C29H25ClF2N6O2S. The Balaban J connectivity index is 1.44. The highest BCUT2D eigenvalue weighted by atomic mass is 35.5. The molecule has 1 aliphatic carbocycles. The number of benzene rings is 2. The van der Waals surface area contributed by atoms with Crippen molar-refractivity contribution in [1.29, 1.82) is 5.26 Å². The number of rotatable bonds is 4. The highest BCUT2D eigenvalue weighted by Crippen LogP contribution is 2.45. The quantitative estimate of drug-likeness (QED) is 0.279. The first-order chi connectivity index (χ1) is 19.8. The van der Waals surface area contributed by atoms with Crippen molar-refractivity contribution in [2.45, 2.75) is 56.7 Å². The Bertz CT molecular complexity index is 1770. The molecule has 1 saturated carbocycles. The van der Waals surface area contributed by atoms with Gasteiger partial charge in [0, 0.05) is 41.5 Å². The minimum Gasteiger partial charge on any atom is -0.456 e. The Morgan fingerprint density at radius 1 is 1.17 bits per heavy atom. The average molecular weight is 595 g/mol. The number of ether oxygens (including phenoxy) is 1. The second kappa shape index (κ2) is 10.0. The predicted octanol–water partition coefficient (Wildman–Crippen LogP) is 5.94. The summed E-state index contributed by atoms with van der Waals surface area (Å²) in [6, 6.07) is 6.68. The van der Waals surface area contributed by atoms with Crippen molar-refractivity contribution < 1.29 is 18.3 Å². The van der Waals surface area contributed by atoms with Crippen LogP contribution < -0.4 is 16.0 Å². The minimum atomic E-state index is -0.800. The molecule has 8 nitrogen and oxygen atoms in total. The molecule has 3 N–H and O–H groups in total. The van der Waals surface area contributed by atoms with E-state index in [0.717, 1.165) is 49.9 Å². The Morgan fingerprint density at radius 2 is 1.90 bits per heavy atom. The predicted molar refractivity (Wildman–Crippen MR) is 154 cm³/mol. The summed E-state index contributed by atoms with van der Waals surface area (Å²) >= 11 is 7.68. The summed E-state index contributed by atoms with van der Waals surface area (Å²) in [5.41, 5.74) is 6.13. The van der Waals surface area contributed by atoms with E-state index in [1.54, 1.807) is 6.07 Å². The number of halogens is 3. The van der Waals surface area contributed by atoms with Crippen molar-refractivity contribution in [3.05, 3.63) is 46.2 Å². The van der Waals surface area contributed by atoms with E-state index in [9.17, 15) is 14.4 Å². The maximum absolute atomic E-state index is 16.7. The maximum Gasteiger partial charge on any atom is 0.376 e. The Morgan fingerprint density at radius 3 is 2.61 bits per heavy atom. The van der Waals surface area contributed by atoms with E-state index in [-0.39, 0.29) is 66.3 Å². The van der Waals surface area contributed by atoms with Gasteiger partial charge in [0.25, 0.3) is 0 Å². The van der Waals surface area contributed by atoms with E-state index in [1.165, 1.54) is 12.1 Å². The van der Waals surface area contributed by atoms with Crippen LogP contribution in [0, 0.1) is 23.0 Å². The van der Waals surface area contributed by atoms with Crippen molar-refractivity contribution in [3.8, 4) is 17.2 Å². The number of hydrogen-bond donors (Lipinski definition) is 2. The summed E-state index contributed by atoms with van der Waals surface area (Å²) < 4.78 is 37.2. The molecule has 3 aliphatic rings. The maximum atomic E-state index is 16.7. The second-order valence-corrected chi connectivity index (χ2v) is 12.4. The topological polar surface area (TPSA) is 117 Å². The normalized spacial score (nSPS) is 20.7. The third-order valence-electron chi connectivity index (χ3n) is 8.34. The molecule has 2 aromatic heterocycles. The number of piperazine rings is 1. The van der Waals surface area contributed by atoms with Crippen LogP contribution in [-0.4, -0.2) is 47.2 Å². The van der Waals surface area contributed by atoms with Crippen LogP contribution in [0.15, 0.2) is 18.2 Å². The number of thiophene rings is 1. The standard InChI is InChI=1S/C29H25ClF2N6O2S/c30-19-9-17-24(23(32)22(19)16-7-8-20(31)25-21(16)18(10-33)26(34)41-25)36-27(29(39)40-15-3-1-2-4-15)37-28(17)38-11-13-5-6-14(12-38)35-13/h7-9,13-15,35H,1-6,11-12,34H2. The van der Waals surface area contributed by atoms with Gasteiger partial charge in [-0.1, -0.05) is 17.7 Å². The van der Waals surface area contributed by atoms with Crippen LogP contribution >= 0.6 is 22.9 Å². The zero-order valence-corrected chi connectivity index (χ0v) is 23.4. The molecule has 7 rings (SSSR count). The number of nitrogen functional groups attached to an aromatic ring is 1. The molecule has 0 spiro atoms. The van der Waals surface area contributed by atoms with E-state index in [2.05, 4.69) is 15.3 Å². The van der Waals surface area contributed by atoms with E-state index in [1.807, 2.05) is 11.0 Å². The number of esters is 1. The number of nitrogens with one attached hydrogen (secondary N) is 1. The van der Waals surface area contributed by atoms with Crippen LogP contribution in [-0.2, 0) is 4.74 Å². The van der Waals surface area contributed by atoms with E-state index < -0.39 is 17.6 Å². The van der Waals surface area contributed by atoms with Crippen LogP contribution in [0.25, 0.3) is 32.1 Å². The molecule has 2 aliphatic heterocycles. The highest BCUT2D eigenvalue weighted by Gasteiger charge is 2.35. The summed E-state index contributed by atoms with van der Waals surface area (Å²) in [7, 11) is 0. The van der Waals surface area contributed by atoms with Crippen molar-refractivity contribution in [3.63, 3.8) is 0 Å². The molecular weight excluding hydrogens is 570 g/mol. The lowest BCUT2D eigenvalue weighted by molar-refractivity contribution is 0.0304. The molecule has 210 valence electrons. The highest BCUT2D eigenvalue weighted by molar-refractivity contribution is 7.23. The molecule has 2 saturated heterocycles. The number of nitrogens with zero attached hydrogens (tertiary/aromatic N) is 4. The fourth-order valence-electron chi connectivity index (χ4n) is 6.45. The number of carbonyl (C=O) groups is 1. The van der Waals surface area contributed by atoms with Gasteiger partial charge in [0.05, 0.1) is 15.3 Å². The molecule has 0 amide bonds. The van der Waals surface area contributed by atoms with Gasteiger partial charge >= 0.3 is 5.97 Å². The van der Waals surface area contributed by atoms with Gasteiger partial charge in [0.1, 0.15) is 34.3 Å². The Kier molecular flexibility index (Phi) is 6.45. The minimum absolute atomic E-state index is 0.0424. The lowest BCUT2D eigenvalue weighted by atomic mass is 9.97. The largest absolute Gasteiger partial charge is 0.456 e. The molecule has 3 fully saturated rings. The Labute approximate surface area is 243 Å². The van der Waals surface area contributed by atoms with Crippen LogP contribution in [0.5, 0.6) is 0 Å². The van der Waals surface area contributed by atoms with E-state index in [4.69, 9.17) is 22.1 Å². The van der Waals surface area contributed by atoms with Crippen LogP contribution in [0.3, 0.4) is 0 Å². The van der Waals surface area contributed by atoms with Gasteiger partial charge in [-0.3, -0.25) is 0 Å². The van der Waals surface area contributed by atoms with Gasteiger partial charge in [0.2, 0.25) is 5.82 Å². The number of fused-ring (bicyclic) bond motifs is 4. The monoisotopic (exact) mass is 594 g/mol. The lowest BCUT2D eigenvalue weighted by Crippen LogP contribution is -2.51. The molecule has 4 heterocycles. The van der Waals surface area contributed by atoms with Crippen molar-refractivity contribution in [1.82, 2.24) is 15.3 Å². The number of anilines is 2. The summed E-state index contributed by atoms with van der Waals surface area (Å²) in [5, 5.41) is 14.0. The van der Waals surface area contributed by atoms with E-state index in [0.29, 0.717) is 24.3 Å². The SMILES string of the molecule is N#Cc1c(N)sc2c(F)ccc(-c3c(Cl)cc4c(N5CC6CCC(C5)N6)nc(C(=O)OC5CCCC5)nc4c3F)c12. The van der Waals surface area contributed by atoms with Crippen LogP contribution in [0.2, 0.25) is 5.02 Å². The van der Waals surface area contributed by atoms with Gasteiger partial charge in [-0.2, -0.15) is 5.26 Å². The van der Waals surface area contributed by atoms with Crippen molar-refractivity contribution >= 4 is 60.7 Å². The number of aromatic nitrogens is 2. The number of nitrogens with two attached hydrogens (primary N) is 1. The van der Waals surface area contributed by atoms with Gasteiger partial charge in [-0.25, -0.2) is 23.5 Å². The molecule has 12 heteroatoms. The van der Waals surface area contributed by atoms with Gasteiger partial charge in [-0.15, -0.1) is 11.3 Å². The van der Waals surface area contributed by atoms with Crippen molar-refractivity contribution in [2.24, 2.45) is 0 Å². The summed E-state index contributed by atoms with van der Waals surface area (Å²) in [6.07, 6.45) is 5.32. The zero-order chi connectivity index (χ0) is 28.4.